The summed E-state index contributed by atoms with van der Waals surface area (Å²) >= 11 is 0. The maximum absolute atomic E-state index is 13.6. The van der Waals surface area contributed by atoms with Crippen molar-refractivity contribution in [2.75, 3.05) is 26.7 Å². The molecule has 0 bridgehead atoms. The number of alkyl halides is 2. The van der Waals surface area contributed by atoms with Crippen molar-refractivity contribution in [3.63, 3.8) is 0 Å². The SMILES string of the molecule is COc1ccccc1C(NC(=O)C(CN1CCC1)C(C)C)C(F)F. The van der Waals surface area contributed by atoms with Crippen LogP contribution in [-0.2, 0) is 4.79 Å². The minimum Gasteiger partial charge on any atom is -0.496 e. The van der Waals surface area contributed by atoms with Gasteiger partial charge in [-0.15, -0.1) is 0 Å². The number of carbonyl (C=O) groups excluding carboxylic acids is 1. The van der Waals surface area contributed by atoms with E-state index in [9.17, 15) is 13.6 Å². The Labute approximate surface area is 142 Å². The molecule has 0 saturated carbocycles. The van der Waals surface area contributed by atoms with Crippen molar-refractivity contribution in [2.24, 2.45) is 11.8 Å². The van der Waals surface area contributed by atoms with E-state index in [4.69, 9.17) is 4.74 Å². The summed E-state index contributed by atoms with van der Waals surface area (Å²) in [4.78, 5) is 14.8. The highest BCUT2D eigenvalue weighted by Crippen LogP contribution is 2.30. The first kappa shape index (κ1) is 18.6. The van der Waals surface area contributed by atoms with Crippen LogP contribution in [0.3, 0.4) is 0 Å². The molecule has 1 saturated heterocycles. The van der Waals surface area contributed by atoms with Crippen LogP contribution in [-0.4, -0.2) is 44.0 Å². The quantitative estimate of drug-likeness (QED) is 0.791. The number of methoxy groups -OCH3 is 1. The average molecular weight is 340 g/mol. The largest absolute Gasteiger partial charge is 0.496 e. The molecule has 1 aliphatic rings. The Balaban J connectivity index is 2.14. The van der Waals surface area contributed by atoms with Crippen LogP contribution in [0.5, 0.6) is 5.75 Å². The zero-order valence-electron chi connectivity index (χ0n) is 14.5. The maximum Gasteiger partial charge on any atom is 0.262 e. The molecule has 24 heavy (non-hydrogen) atoms. The number of halogens is 2. The van der Waals surface area contributed by atoms with Gasteiger partial charge in [-0.2, -0.15) is 0 Å². The number of rotatable bonds is 8. The highest BCUT2D eigenvalue weighted by Gasteiger charge is 2.32. The number of nitrogens with zero attached hydrogens (tertiary/aromatic N) is 1. The van der Waals surface area contributed by atoms with Crippen LogP contribution < -0.4 is 10.1 Å². The van der Waals surface area contributed by atoms with Gasteiger partial charge in [0.1, 0.15) is 11.8 Å². The van der Waals surface area contributed by atoms with E-state index in [2.05, 4.69) is 10.2 Å². The Morgan fingerprint density at radius 1 is 1.29 bits per heavy atom. The molecular formula is C18H26F2N2O2. The number of hydrogen-bond donors (Lipinski definition) is 1. The zero-order chi connectivity index (χ0) is 17.7. The molecule has 1 fully saturated rings. The maximum atomic E-state index is 13.6. The van der Waals surface area contributed by atoms with Crippen molar-refractivity contribution in [3.8, 4) is 5.75 Å². The summed E-state index contributed by atoms with van der Waals surface area (Å²) in [5.41, 5.74) is 0.301. The third-order valence-corrected chi connectivity index (χ3v) is 4.57. The normalized spacial score (nSPS) is 17.5. The van der Waals surface area contributed by atoms with E-state index >= 15 is 0 Å². The third-order valence-electron chi connectivity index (χ3n) is 4.57. The van der Waals surface area contributed by atoms with E-state index in [0.29, 0.717) is 17.9 Å². The zero-order valence-corrected chi connectivity index (χ0v) is 14.5. The van der Waals surface area contributed by atoms with E-state index < -0.39 is 12.5 Å². The topological polar surface area (TPSA) is 41.6 Å². The number of carbonyl (C=O) groups is 1. The predicted octanol–water partition coefficient (Wildman–Crippen LogP) is 3.10. The smallest absolute Gasteiger partial charge is 0.262 e. The lowest BCUT2D eigenvalue weighted by Crippen LogP contribution is -2.47. The van der Waals surface area contributed by atoms with E-state index in [1.807, 2.05) is 13.8 Å². The average Bonchev–Trinajstić information content (AvgIpc) is 2.50. The Bertz CT molecular complexity index is 548. The molecule has 2 rings (SSSR count). The van der Waals surface area contributed by atoms with Gasteiger partial charge in [0.25, 0.3) is 6.43 Å². The monoisotopic (exact) mass is 340 g/mol. The molecule has 1 aromatic carbocycles. The number of benzene rings is 1. The Morgan fingerprint density at radius 3 is 2.46 bits per heavy atom. The fourth-order valence-corrected chi connectivity index (χ4v) is 2.90. The van der Waals surface area contributed by atoms with E-state index in [-0.39, 0.29) is 17.7 Å². The van der Waals surface area contributed by atoms with Crippen molar-refractivity contribution in [1.82, 2.24) is 10.2 Å². The first-order valence-corrected chi connectivity index (χ1v) is 8.37. The van der Waals surface area contributed by atoms with Crippen molar-refractivity contribution in [1.29, 1.82) is 0 Å². The van der Waals surface area contributed by atoms with Crippen LogP contribution in [0.25, 0.3) is 0 Å². The van der Waals surface area contributed by atoms with Crippen LogP contribution >= 0.6 is 0 Å². The molecule has 6 heteroatoms. The second kappa shape index (κ2) is 8.42. The number of ether oxygens (including phenoxy) is 1. The van der Waals surface area contributed by atoms with Gasteiger partial charge in [0.15, 0.2) is 0 Å². The summed E-state index contributed by atoms with van der Waals surface area (Å²) in [6.45, 7) is 6.46. The lowest BCUT2D eigenvalue weighted by Gasteiger charge is -2.35. The first-order chi connectivity index (χ1) is 11.4. The van der Waals surface area contributed by atoms with E-state index in [1.165, 1.54) is 7.11 Å². The van der Waals surface area contributed by atoms with Crippen molar-refractivity contribution in [2.45, 2.75) is 32.7 Å². The van der Waals surface area contributed by atoms with Gasteiger partial charge in [0, 0.05) is 12.1 Å². The number of amides is 1. The van der Waals surface area contributed by atoms with Crippen LogP contribution in [0, 0.1) is 11.8 Å². The second-order valence-corrected chi connectivity index (χ2v) is 6.57. The molecule has 0 aliphatic carbocycles. The minimum absolute atomic E-state index is 0.0848. The number of hydrogen-bond acceptors (Lipinski definition) is 3. The molecule has 1 N–H and O–H groups in total. The Morgan fingerprint density at radius 2 is 1.96 bits per heavy atom. The Kier molecular flexibility index (Phi) is 6.54. The fourth-order valence-electron chi connectivity index (χ4n) is 2.90. The summed E-state index contributed by atoms with van der Waals surface area (Å²) in [5, 5.41) is 2.55. The van der Waals surface area contributed by atoms with E-state index in [0.717, 1.165) is 19.5 Å². The lowest BCUT2D eigenvalue weighted by atomic mass is 9.92. The summed E-state index contributed by atoms with van der Waals surface area (Å²) < 4.78 is 32.3. The van der Waals surface area contributed by atoms with Crippen LogP contribution in [0.15, 0.2) is 24.3 Å². The summed E-state index contributed by atoms with van der Waals surface area (Å²) in [7, 11) is 1.43. The highest BCUT2D eigenvalue weighted by atomic mass is 19.3. The highest BCUT2D eigenvalue weighted by molar-refractivity contribution is 5.79. The summed E-state index contributed by atoms with van der Waals surface area (Å²) in [6.07, 6.45) is -1.57. The second-order valence-electron chi connectivity index (χ2n) is 6.57. The molecule has 1 amide bonds. The predicted molar refractivity (Wildman–Crippen MR) is 89.3 cm³/mol. The molecule has 1 aliphatic heterocycles. The third kappa shape index (κ3) is 4.44. The molecule has 0 radical (unpaired) electrons. The molecule has 2 atom stereocenters. The molecule has 4 nitrogen and oxygen atoms in total. The van der Waals surface area contributed by atoms with Gasteiger partial charge in [-0.25, -0.2) is 8.78 Å². The Hall–Kier alpha value is -1.69. The van der Waals surface area contributed by atoms with Gasteiger partial charge in [-0.1, -0.05) is 32.0 Å². The van der Waals surface area contributed by atoms with Crippen molar-refractivity contribution in [3.05, 3.63) is 29.8 Å². The lowest BCUT2D eigenvalue weighted by molar-refractivity contribution is -0.129. The molecule has 0 aromatic heterocycles. The standard InChI is InChI=1S/C18H26F2N2O2/c1-12(2)14(11-22-9-6-10-22)18(23)21-16(17(19)20)13-7-4-5-8-15(13)24-3/h4-5,7-8,12,14,16-17H,6,9-11H2,1-3H3,(H,21,23). The molecule has 2 unspecified atom stereocenters. The van der Waals surface area contributed by atoms with E-state index in [1.54, 1.807) is 24.3 Å². The van der Waals surface area contributed by atoms with Crippen molar-refractivity contribution < 1.29 is 18.3 Å². The minimum atomic E-state index is -2.71. The van der Waals surface area contributed by atoms with Gasteiger partial charge >= 0.3 is 0 Å². The summed E-state index contributed by atoms with van der Waals surface area (Å²) in [6, 6.07) is 5.20. The number of para-hydroxylation sites is 1. The van der Waals surface area contributed by atoms with Gasteiger partial charge in [0.2, 0.25) is 5.91 Å². The van der Waals surface area contributed by atoms with Crippen LogP contribution in [0.2, 0.25) is 0 Å². The summed E-state index contributed by atoms with van der Waals surface area (Å²) in [5.74, 6) is -0.192. The van der Waals surface area contributed by atoms with Crippen molar-refractivity contribution >= 4 is 5.91 Å². The van der Waals surface area contributed by atoms with Crippen LogP contribution in [0.4, 0.5) is 8.78 Å². The molecule has 0 spiro atoms. The number of likely N-dealkylation sites (tertiary alicyclic amines) is 1. The van der Waals surface area contributed by atoms with Gasteiger partial charge < -0.3 is 15.0 Å². The number of nitrogens with one attached hydrogen (secondary N) is 1. The van der Waals surface area contributed by atoms with Crippen LogP contribution in [0.1, 0.15) is 31.9 Å². The molecule has 1 aromatic rings. The molecule has 1 heterocycles. The van der Waals surface area contributed by atoms with Gasteiger partial charge in [-0.05, 0) is 31.5 Å². The first-order valence-electron chi connectivity index (χ1n) is 8.37. The van der Waals surface area contributed by atoms with Gasteiger partial charge in [0.05, 0.1) is 13.0 Å². The molecule has 134 valence electrons. The fraction of sp³-hybridized carbons (Fsp3) is 0.611. The molecular weight excluding hydrogens is 314 g/mol. The van der Waals surface area contributed by atoms with Gasteiger partial charge in [-0.3, -0.25) is 4.79 Å².